The Kier molecular flexibility index (Phi) is 6.09. The number of sulfonamides is 1. The molecule has 3 rings (SSSR count). The Morgan fingerprint density at radius 3 is 2.34 bits per heavy atom. The van der Waals surface area contributed by atoms with Gasteiger partial charge in [-0.25, -0.2) is 18.8 Å². The van der Waals surface area contributed by atoms with Crippen molar-refractivity contribution in [2.24, 2.45) is 5.10 Å². The van der Waals surface area contributed by atoms with Gasteiger partial charge in [-0.1, -0.05) is 59.4 Å². The Balaban J connectivity index is 1.74. The molecule has 0 unspecified atom stereocenters. The van der Waals surface area contributed by atoms with E-state index >= 15 is 0 Å². The molecule has 9 heteroatoms. The number of hydrazone groups is 1. The molecule has 0 fully saturated rings. The van der Waals surface area contributed by atoms with E-state index in [1.54, 1.807) is 26.0 Å². The van der Waals surface area contributed by atoms with Crippen molar-refractivity contribution < 1.29 is 13.2 Å². The minimum Gasteiger partial charge on any atom is -0.266 e. The Morgan fingerprint density at radius 2 is 1.69 bits per heavy atom. The predicted molar refractivity (Wildman–Crippen MR) is 115 cm³/mol. The molecule has 0 atom stereocenters. The number of aromatic nitrogens is 1. The van der Waals surface area contributed by atoms with E-state index in [4.69, 9.17) is 0 Å². The van der Waals surface area contributed by atoms with Gasteiger partial charge in [-0.15, -0.1) is 0 Å². The van der Waals surface area contributed by atoms with Gasteiger partial charge in [-0.2, -0.15) is 5.10 Å². The van der Waals surface area contributed by atoms with Crippen LogP contribution in [-0.2, 0) is 10.0 Å². The van der Waals surface area contributed by atoms with Crippen molar-refractivity contribution in [1.29, 1.82) is 0 Å². The number of carbonyl (C=O) groups is 1. The fourth-order valence-electron chi connectivity index (χ4n) is 2.47. The third kappa shape index (κ3) is 5.07. The second kappa shape index (κ2) is 8.54. The van der Waals surface area contributed by atoms with E-state index in [0.29, 0.717) is 11.4 Å². The number of hydrogen-bond donors (Lipinski definition) is 2. The molecule has 0 spiro atoms. The molecule has 0 radical (unpaired) electrons. The van der Waals surface area contributed by atoms with Crippen molar-refractivity contribution in [3.63, 3.8) is 0 Å². The van der Waals surface area contributed by atoms with Crippen molar-refractivity contribution in [2.75, 3.05) is 4.72 Å². The van der Waals surface area contributed by atoms with E-state index in [1.807, 2.05) is 37.3 Å². The molecule has 29 heavy (non-hydrogen) atoms. The van der Waals surface area contributed by atoms with E-state index in [2.05, 4.69) is 20.2 Å². The van der Waals surface area contributed by atoms with Crippen LogP contribution in [0.2, 0.25) is 0 Å². The first-order valence-electron chi connectivity index (χ1n) is 8.73. The molecule has 1 heterocycles. The molecule has 0 aliphatic heterocycles. The molecular formula is C20H20N4O3S2. The van der Waals surface area contributed by atoms with E-state index < -0.39 is 15.9 Å². The highest BCUT2D eigenvalue weighted by molar-refractivity contribution is 7.93. The van der Waals surface area contributed by atoms with Gasteiger partial charge in [0, 0.05) is 0 Å². The molecule has 150 valence electrons. The van der Waals surface area contributed by atoms with Gasteiger partial charge >= 0.3 is 0 Å². The van der Waals surface area contributed by atoms with Crippen LogP contribution in [-0.4, -0.2) is 25.0 Å². The quantitative estimate of drug-likeness (QED) is 0.462. The predicted octanol–water partition coefficient (Wildman–Crippen LogP) is 3.71. The summed E-state index contributed by atoms with van der Waals surface area (Å²) in [6.45, 7) is 5.31. The second-order valence-corrected chi connectivity index (χ2v) is 9.04. The van der Waals surface area contributed by atoms with Crippen LogP contribution in [0.3, 0.4) is 0 Å². The smallest absolute Gasteiger partial charge is 0.266 e. The zero-order valence-corrected chi connectivity index (χ0v) is 17.8. The van der Waals surface area contributed by atoms with Crippen molar-refractivity contribution in [1.82, 2.24) is 10.4 Å². The summed E-state index contributed by atoms with van der Waals surface area (Å²) in [5.74, 6) is -0.448. The number of amides is 1. The van der Waals surface area contributed by atoms with Gasteiger partial charge < -0.3 is 0 Å². The molecule has 0 saturated carbocycles. The summed E-state index contributed by atoms with van der Waals surface area (Å²) in [7, 11) is -3.78. The van der Waals surface area contributed by atoms with Gasteiger partial charge in [-0.05, 0) is 38.5 Å². The molecule has 1 amide bonds. The average Bonchev–Trinajstić information content (AvgIpc) is 3.06. The molecule has 0 aliphatic carbocycles. The lowest BCUT2D eigenvalue weighted by Crippen LogP contribution is -2.19. The van der Waals surface area contributed by atoms with Gasteiger partial charge in [-0.3, -0.25) is 9.52 Å². The summed E-state index contributed by atoms with van der Waals surface area (Å²) in [6.07, 6.45) is 0. The maximum Gasteiger partial charge on any atom is 0.283 e. The van der Waals surface area contributed by atoms with Crippen LogP contribution < -0.4 is 10.1 Å². The topological polar surface area (TPSA) is 101 Å². The van der Waals surface area contributed by atoms with Gasteiger partial charge in [0.1, 0.15) is 4.88 Å². The van der Waals surface area contributed by atoms with E-state index in [9.17, 15) is 13.2 Å². The highest BCUT2D eigenvalue weighted by Crippen LogP contribution is 2.25. The molecule has 2 aromatic carbocycles. The molecule has 1 aromatic heterocycles. The molecule has 0 bridgehead atoms. The van der Waals surface area contributed by atoms with Crippen LogP contribution >= 0.6 is 11.3 Å². The fourth-order valence-corrected chi connectivity index (χ4v) is 4.56. The van der Waals surface area contributed by atoms with Crippen LogP contribution in [0.4, 0.5) is 5.13 Å². The Labute approximate surface area is 173 Å². The van der Waals surface area contributed by atoms with Gasteiger partial charge in [0.05, 0.1) is 16.3 Å². The highest BCUT2D eigenvalue weighted by atomic mass is 32.2. The van der Waals surface area contributed by atoms with Crippen molar-refractivity contribution >= 4 is 38.1 Å². The van der Waals surface area contributed by atoms with Crippen LogP contribution in [0.15, 0.2) is 64.6 Å². The second-order valence-electron chi connectivity index (χ2n) is 6.36. The van der Waals surface area contributed by atoms with Crippen LogP contribution in [0.5, 0.6) is 0 Å². The Morgan fingerprint density at radius 1 is 1.03 bits per heavy atom. The monoisotopic (exact) mass is 428 g/mol. The van der Waals surface area contributed by atoms with E-state index in [-0.39, 0.29) is 14.9 Å². The zero-order valence-electron chi connectivity index (χ0n) is 16.1. The van der Waals surface area contributed by atoms with Gasteiger partial charge in [0.15, 0.2) is 5.13 Å². The van der Waals surface area contributed by atoms with Crippen LogP contribution in [0.1, 0.15) is 33.4 Å². The lowest BCUT2D eigenvalue weighted by atomic mass is 10.1. The summed E-state index contributed by atoms with van der Waals surface area (Å²) in [4.78, 5) is 17.0. The molecule has 2 N–H and O–H groups in total. The maximum absolute atomic E-state index is 12.5. The molecule has 7 nitrogen and oxygen atoms in total. The van der Waals surface area contributed by atoms with Crippen molar-refractivity contribution in [3.05, 3.63) is 76.3 Å². The standard InChI is InChI=1S/C20H20N4O3S2/c1-13-9-11-17(12-10-13)29(26,27)24-20-21-15(3)18(28-20)19(25)23-22-14(2)16-7-5-4-6-8-16/h4-12H,1-3H3,(H,21,24)(H,23,25)/b22-14-. The molecule has 3 aromatic rings. The summed E-state index contributed by atoms with van der Waals surface area (Å²) >= 11 is 0.957. The number of aryl methyl sites for hydroxylation is 2. The lowest BCUT2D eigenvalue weighted by molar-refractivity contribution is 0.0958. The maximum atomic E-state index is 12.5. The zero-order chi connectivity index (χ0) is 21.0. The molecule has 0 saturated heterocycles. The van der Waals surface area contributed by atoms with Crippen molar-refractivity contribution in [3.8, 4) is 0 Å². The third-order valence-electron chi connectivity index (χ3n) is 4.07. The average molecular weight is 429 g/mol. The first-order chi connectivity index (χ1) is 13.8. The molecule has 0 aliphatic rings. The van der Waals surface area contributed by atoms with Crippen LogP contribution in [0, 0.1) is 13.8 Å². The Bertz CT molecular complexity index is 1150. The first-order valence-corrected chi connectivity index (χ1v) is 11.0. The van der Waals surface area contributed by atoms with Gasteiger partial charge in [0.2, 0.25) is 0 Å². The molecular weight excluding hydrogens is 408 g/mol. The number of thiazole rings is 1. The van der Waals surface area contributed by atoms with E-state index in [0.717, 1.165) is 22.5 Å². The first kappa shape index (κ1) is 20.7. The fraction of sp³-hybridized carbons (Fsp3) is 0.150. The highest BCUT2D eigenvalue weighted by Gasteiger charge is 2.20. The number of nitrogens with zero attached hydrogens (tertiary/aromatic N) is 2. The minimum atomic E-state index is -3.78. The number of anilines is 1. The normalized spacial score (nSPS) is 11.9. The third-order valence-corrected chi connectivity index (χ3v) is 6.63. The number of benzene rings is 2. The summed E-state index contributed by atoms with van der Waals surface area (Å²) in [5.41, 5.74) is 5.41. The van der Waals surface area contributed by atoms with Crippen LogP contribution in [0.25, 0.3) is 0 Å². The number of hydrogen-bond acceptors (Lipinski definition) is 6. The largest absolute Gasteiger partial charge is 0.283 e. The number of carbonyl (C=O) groups excluding carboxylic acids is 1. The summed E-state index contributed by atoms with van der Waals surface area (Å²) in [5, 5.41) is 4.23. The van der Waals surface area contributed by atoms with Crippen molar-refractivity contribution in [2.45, 2.75) is 25.7 Å². The number of rotatable bonds is 6. The summed E-state index contributed by atoms with van der Waals surface area (Å²) in [6, 6.07) is 15.9. The number of nitrogens with one attached hydrogen (secondary N) is 2. The lowest BCUT2D eigenvalue weighted by Gasteiger charge is -2.05. The minimum absolute atomic E-state index is 0.122. The summed E-state index contributed by atoms with van der Waals surface area (Å²) < 4.78 is 27.4. The van der Waals surface area contributed by atoms with Gasteiger partial charge in [0.25, 0.3) is 15.9 Å². The Hall–Kier alpha value is -3.04. The SMILES string of the molecule is C/C(=N/NC(=O)c1sc(NS(=O)(=O)c2ccc(C)cc2)nc1C)c1ccccc1. The van der Waals surface area contributed by atoms with E-state index in [1.165, 1.54) is 12.1 Å².